The van der Waals surface area contributed by atoms with Crippen molar-refractivity contribution in [1.29, 1.82) is 0 Å². The van der Waals surface area contributed by atoms with E-state index < -0.39 is 0 Å². The maximum atomic E-state index is 5.45. The van der Waals surface area contributed by atoms with Crippen molar-refractivity contribution in [2.75, 3.05) is 13.3 Å². The summed E-state index contributed by atoms with van der Waals surface area (Å²) in [6, 6.07) is 0. The summed E-state index contributed by atoms with van der Waals surface area (Å²) < 4.78 is 5.45. The van der Waals surface area contributed by atoms with Gasteiger partial charge >= 0.3 is 0 Å². The molecule has 1 N–H and O–H groups in total. The second-order valence-electron chi connectivity index (χ2n) is 5.15. The number of ether oxygens (including phenoxy) is 1. The van der Waals surface area contributed by atoms with E-state index in [0.717, 1.165) is 25.2 Å². The molecule has 2 heteroatoms. The Hall–Kier alpha value is -0.0800. The molecule has 0 atom stereocenters. The summed E-state index contributed by atoms with van der Waals surface area (Å²) in [6.45, 7) is 10.7. The van der Waals surface area contributed by atoms with Crippen LogP contribution in [-0.2, 0) is 4.74 Å². The van der Waals surface area contributed by atoms with E-state index in [0.29, 0.717) is 0 Å². The molecule has 0 aliphatic carbocycles. The average Bonchev–Trinajstić information content (AvgIpc) is 2.33. The van der Waals surface area contributed by atoms with Gasteiger partial charge in [-0.05, 0) is 24.7 Å². The topological polar surface area (TPSA) is 21.3 Å². The second kappa shape index (κ2) is 4.43. The molecule has 1 aliphatic rings. The first kappa shape index (κ1) is 11.0. The Bertz CT molecular complexity index is 136. The summed E-state index contributed by atoms with van der Waals surface area (Å²) in [5.74, 6) is 1.49. The van der Waals surface area contributed by atoms with Gasteiger partial charge in [0.1, 0.15) is 0 Å². The van der Waals surface area contributed by atoms with E-state index in [-0.39, 0.29) is 5.54 Å². The SMILES string of the molecule is CC(C)CC1(CC(C)C)COCN1. The van der Waals surface area contributed by atoms with E-state index in [1.807, 2.05) is 0 Å². The first-order valence-electron chi connectivity index (χ1n) is 5.37. The molecule has 0 aromatic heterocycles. The molecule has 1 heterocycles. The molecule has 0 aromatic carbocycles. The van der Waals surface area contributed by atoms with Gasteiger partial charge in [0.15, 0.2) is 0 Å². The third kappa shape index (κ3) is 3.28. The van der Waals surface area contributed by atoms with Crippen molar-refractivity contribution >= 4 is 0 Å². The van der Waals surface area contributed by atoms with Gasteiger partial charge in [0, 0.05) is 5.54 Å². The van der Waals surface area contributed by atoms with Gasteiger partial charge in [-0.1, -0.05) is 27.7 Å². The van der Waals surface area contributed by atoms with E-state index in [1.54, 1.807) is 0 Å². The maximum absolute atomic E-state index is 5.45. The third-order valence-electron chi connectivity index (χ3n) is 2.53. The van der Waals surface area contributed by atoms with Crippen LogP contribution in [0.3, 0.4) is 0 Å². The van der Waals surface area contributed by atoms with Gasteiger partial charge in [0.05, 0.1) is 13.3 Å². The van der Waals surface area contributed by atoms with Gasteiger partial charge in [-0.2, -0.15) is 0 Å². The zero-order valence-corrected chi connectivity index (χ0v) is 9.39. The summed E-state index contributed by atoms with van der Waals surface area (Å²) in [5, 5.41) is 3.51. The molecular formula is C11H23NO. The van der Waals surface area contributed by atoms with E-state index in [9.17, 15) is 0 Å². The third-order valence-corrected chi connectivity index (χ3v) is 2.53. The smallest absolute Gasteiger partial charge is 0.0971 e. The van der Waals surface area contributed by atoms with E-state index in [2.05, 4.69) is 33.0 Å². The maximum Gasteiger partial charge on any atom is 0.0971 e. The summed E-state index contributed by atoms with van der Waals surface area (Å²) in [6.07, 6.45) is 2.45. The van der Waals surface area contributed by atoms with Crippen molar-refractivity contribution in [2.45, 2.75) is 46.1 Å². The number of rotatable bonds is 4. The minimum absolute atomic E-state index is 0.266. The molecule has 0 spiro atoms. The minimum atomic E-state index is 0.266. The molecule has 0 amide bonds. The number of hydrogen-bond donors (Lipinski definition) is 1. The quantitative estimate of drug-likeness (QED) is 0.726. The normalized spacial score (nSPS) is 21.7. The van der Waals surface area contributed by atoms with Crippen molar-refractivity contribution in [3.8, 4) is 0 Å². The van der Waals surface area contributed by atoms with Crippen LogP contribution in [-0.4, -0.2) is 18.9 Å². The standard InChI is InChI=1S/C11H23NO/c1-9(2)5-11(6-10(3)4)7-13-8-12-11/h9-10,12H,5-8H2,1-4H3. The van der Waals surface area contributed by atoms with Crippen LogP contribution in [0, 0.1) is 11.8 Å². The second-order valence-corrected chi connectivity index (χ2v) is 5.15. The Balaban J connectivity index is 2.52. The zero-order chi connectivity index (χ0) is 9.90. The summed E-state index contributed by atoms with van der Waals surface area (Å²) >= 11 is 0. The van der Waals surface area contributed by atoms with Crippen LogP contribution in [0.15, 0.2) is 0 Å². The fraction of sp³-hybridized carbons (Fsp3) is 1.00. The monoisotopic (exact) mass is 185 g/mol. The lowest BCUT2D eigenvalue weighted by molar-refractivity contribution is 0.160. The van der Waals surface area contributed by atoms with Crippen LogP contribution in [0.2, 0.25) is 0 Å². The van der Waals surface area contributed by atoms with Crippen LogP contribution in [0.25, 0.3) is 0 Å². The van der Waals surface area contributed by atoms with E-state index >= 15 is 0 Å². The van der Waals surface area contributed by atoms with Crippen molar-refractivity contribution in [3.63, 3.8) is 0 Å². The largest absolute Gasteiger partial charge is 0.364 e. The molecule has 1 rings (SSSR count). The van der Waals surface area contributed by atoms with Crippen LogP contribution >= 0.6 is 0 Å². The molecular weight excluding hydrogens is 162 g/mol. The lowest BCUT2D eigenvalue weighted by Gasteiger charge is -2.31. The predicted molar refractivity (Wildman–Crippen MR) is 55.6 cm³/mol. The Morgan fingerprint density at radius 1 is 1.15 bits per heavy atom. The lowest BCUT2D eigenvalue weighted by atomic mass is 9.83. The van der Waals surface area contributed by atoms with Crippen LogP contribution in [0.1, 0.15) is 40.5 Å². The first-order valence-corrected chi connectivity index (χ1v) is 5.37. The Morgan fingerprint density at radius 3 is 2.00 bits per heavy atom. The Morgan fingerprint density at radius 2 is 1.69 bits per heavy atom. The highest BCUT2D eigenvalue weighted by Gasteiger charge is 2.35. The van der Waals surface area contributed by atoms with Crippen molar-refractivity contribution in [3.05, 3.63) is 0 Å². The number of nitrogens with one attached hydrogen (secondary N) is 1. The lowest BCUT2D eigenvalue weighted by Crippen LogP contribution is -2.44. The first-order chi connectivity index (χ1) is 6.04. The molecule has 0 aromatic rings. The van der Waals surface area contributed by atoms with Gasteiger partial charge in [0.2, 0.25) is 0 Å². The molecule has 0 radical (unpaired) electrons. The molecule has 1 fully saturated rings. The fourth-order valence-electron chi connectivity index (χ4n) is 2.41. The van der Waals surface area contributed by atoms with Gasteiger partial charge < -0.3 is 4.74 Å². The summed E-state index contributed by atoms with van der Waals surface area (Å²) in [5.41, 5.74) is 0.266. The van der Waals surface area contributed by atoms with Crippen LogP contribution in [0.4, 0.5) is 0 Å². The van der Waals surface area contributed by atoms with Crippen molar-refractivity contribution < 1.29 is 4.74 Å². The van der Waals surface area contributed by atoms with Gasteiger partial charge in [-0.15, -0.1) is 0 Å². The van der Waals surface area contributed by atoms with Gasteiger partial charge in [-0.25, -0.2) is 0 Å². The number of hydrogen-bond acceptors (Lipinski definition) is 2. The Kier molecular flexibility index (Phi) is 3.74. The van der Waals surface area contributed by atoms with Crippen molar-refractivity contribution in [2.24, 2.45) is 11.8 Å². The average molecular weight is 185 g/mol. The molecule has 1 aliphatic heterocycles. The predicted octanol–water partition coefficient (Wildman–Crippen LogP) is 2.39. The van der Waals surface area contributed by atoms with Crippen molar-refractivity contribution in [1.82, 2.24) is 5.32 Å². The highest BCUT2D eigenvalue weighted by Crippen LogP contribution is 2.27. The van der Waals surface area contributed by atoms with Gasteiger partial charge in [-0.3, -0.25) is 5.32 Å². The van der Waals surface area contributed by atoms with Gasteiger partial charge in [0.25, 0.3) is 0 Å². The molecule has 1 saturated heterocycles. The van der Waals surface area contributed by atoms with Crippen LogP contribution < -0.4 is 5.32 Å². The minimum Gasteiger partial charge on any atom is -0.364 e. The molecule has 0 bridgehead atoms. The Labute approximate surface area is 82.0 Å². The fourth-order valence-corrected chi connectivity index (χ4v) is 2.41. The van der Waals surface area contributed by atoms with E-state index in [1.165, 1.54) is 12.8 Å². The molecule has 0 saturated carbocycles. The molecule has 78 valence electrons. The molecule has 0 unspecified atom stereocenters. The highest BCUT2D eigenvalue weighted by atomic mass is 16.5. The van der Waals surface area contributed by atoms with E-state index in [4.69, 9.17) is 4.74 Å². The summed E-state index contributed by atoms with van der Waals surface area (Å²) in [4.78, 5) is 0. The molecule has 2 nitrogen and oxygen atoms in total. The van der Waals surface area contributed by atoms with Crippen LogP contribution in [0.5, 0.6) is 0 Å². The highest BCUT2D eigenvalue weighted by molar-refractivity contribution is 4.91. The summed E-state index contributed by atoms with van der Waals surface area (Å²) in [7, 11) is 0. The zero-order valence-electron chi connectivity index (χ0n) is 9.39. The molecule has 13 heavy (non-hydrogen) atoms.